The van der Waals surface area contributed by atoms with Crippen molar-refractivity contribution in [1.82, 2.24) is 19.9 Å². The molecule has 0 fully saturated rings. The molecule has 134 valence electrons. The van der Waals surface area contributed by atoms with Gasteiger partial charge in [-0.2, -0.15) is 0 Å². The Balaban J connectivity index is 1.79. The summed E-state index contributed by atoms with van der Waals surface area (Å²) in [5.74, 6) is -0.870. The first-order chi connectivity index (χ1) is 12.5. The van der Waals surface area contributed by atoms with E-state index >= 15 is 0 Å². The molecular formula is C19H20N4O3. The minimum absolute atomic E-state index is 0.234. The van der Waals surface area contributed by atoms with E-state index in [9.17, 15) is 9.59 Å². The van der Waals surface area contributed by atoms with E-state index in [1.54, 1.807) is 43.2 Å². The van der Waals surface area contributed by atoms with Crippen molar-refractivity contribution in [2.45, 2.75) is 32.5 Å². The lowest BCUT2D eigenvalue weighted by Gasteiger charge is -2.19. The van der Waals surface area contributed by atoms with Crippen LogP contribution in [0.5, 0.6) is 0 Å². The monoisotopic (exact) mass is 352 g/mol. The summed E-state index contributed by atoms with van der Waals surface area (Å²) in [6, 6.07) is 8.45. The van der Waals surface area contributed by atoms with Crippen LogP contribution in [0.2, 0.25) is 0 Å². The Labute approximate surface area is 151 Å². The number of imidazole rings is 1. The van der Waals surface area contributed by atoms with Gasteiger partial charge in [-0.15, -0.1) is 0 Å². The Morgan fingerprint density at radius 3 is 2.81 bits per heavy atom. The van der Waals surface area contributed by atoms with E-state index in [1.807, 2.05) is 24.3 Å². The fourth-order valence-electron chi connectivity index (χ4n) is 2.54. The predicted molar refractivity (Wildman–Crippen MR) is 96.5 cm³/mol. The number of hydrogen-bond donors (Lipinski definition) is 1. The molecule has 0 radical (unpaired) electrons. The van der Waals surface area contributed by atoms with Crippen molar-refractivity contribution in [3.8, 4) is 0 Å². The molecule has 7 nitrogen and oxygen atoms in total. The molecule has 0 spiro atoms. The molecule has 1 N–H and O–H groups in total. The van der Waals surface area contributed by atoms with Gasteiger partial charge in [0.1, 0.15) is 6.04 Å². The number of carbonyl (C=O) groups excluding carboxylic acids is 2. The van der Waals surface area contributed by atoms with Gasteiger partial charge in [0.2, 0.25) is 0 Å². The molecule has 2 heterocycles. The smallest absolute Gasteiger partial charge is 0.330 e. The van der Waals surface area contributed by atoms with Crippen LogP contribution in [0, 0.1) is 0 Å². The molecule has 0 aliphatic heterocycles. The maximum Gasteiger partial charge on any atom is 0.330 e. The van der Waals surface area contributed by atoms with Crippen molar-refractivity contribution in [2.24, 2.45) is 0 Å². The van der Waals surface area contributed by atoms with E-state index in [0.29, 0.717) is 5.56 Å². The number of esters is 1. The number of rotatable bonds is 6. The highest BCUT2D eigenvalue weighted by molar-refractivity contribution is 5.99. The summed E-state index contributed by atoms with van der Waals surface area (Å²) in [4.78, 5) is 33.2. The molecule has 7 heteroatoms. The van der Waals surface area contributed by atoms with Gasteiger partial charge in [-0.3, -0.25) is 9.78 Å². The molecule has 1 aromatic carbocycles. The van der Waals surface area contributed by atoms with Gasteiger partial charge in [-0.1, -0.05) is 18.2 Å². The zero-order valence-corrected chi connectivity index (χ0v) is 14.6. The van der Waals surface area contributed by atoms with Crippen molar-refractivity contribution in [1.29, 1.82) is 0 Å². The highest BCUT2D eigenvalue weighted by atomic mass is 16.5. The lowest BCUT2D eigenvalue weighted by molar-refractivity contribution is -0.150. The second-order valence-corrected chi connectivity index (χ2v) is 6.19. The maximum absolute atomic E-state index is 12.6. The van der Waals surface area contributed by atoms with E-state index < -0.39 is 12.0 Å². The highest BCUT2D eigenvalue weighted by Gasteiger charge is 2.24. The molecule has 26 heavy (non-hydrogen) atoms. The predicted octanol–water partition coefficient (Wildman–Crippen LogP) is 2.18. The van der Waals surface area contributed by atoms with E-state index in [1.165, 1.54) is 6.20 Å². The molecule has 1 atom stereocenters. The summed E-state index contributed by atoms with van der Waals surface area (Å²) >= 11 is 0. The summed E-state index contributed by atoms with van der Waals surface area (Å²) in [6.07, 6.45) is 6.14. The fourth-order valence-corrected chi connectivity index (χ4v) is 2.54. The van der Waals surface area contributed by atoms with Crippen molar-refractivity contribution in [3.05, 3.63) is 60.8 Å². The van der Waals surface area contributed by atoms with Crippen LogP contribution in [-0.4, -0.2) is 38.6 Å². The molecule has 0 bridgehead atoms. The first kappa shape index (κ1) is 17.6. The summed E-state index contributed by atoms with van der Waals surface area (Å²) in [5, 5.41) is 3.60. The van der Waals surface area contributed by atoms with Crippen LogP contribution in [-0.2, 0) is 16.1 Å². The minimum Gasteiger partial charge on any atom is -0.461 e. The van der Waals surface area contributed by atoms with E-state index in [4.69, 9.17) is 4.74 Å². The van der Waals surface area contributed by atoms with Crippen molar-refractivity contribution >= 4 is 22.8 Å². The summed E-state index contributed by atoms with van der Waals surface area (Å²) < 4.78 is 6.98. The lowest BCUT2D eigenvalue weighted by Crippen LogP contribution is -2.45. The third-order valence-electron chi connectivity index (χ3n) is 3.75. The van der Waals surface area contributed by atoms with Gasteiger partial charge >= 0.3 is 5.97 Å². The van der Waals surface area contributed by atoms with Crippen LogP contribution in [0.3, 0.4) is 0 Å². The SMILES string of the molecule is CC(C)OC(=O)[C@H](Cn1ccnc1)NC(=O)c1cnc2ccccc2c1. The van der Waals surface area contributed by atoms with Gasteiger partial charge in [0, 0.05) is 24.0 Å². The lowest BCUT2D eigenvalue weighted by atomic mass is 10.1. The third kappa shape index (κ3) is 4.24. The summed E-state index contributed by atoms with van der Waals surface area (Å²) in [7, 11) is 0. The zero-order chi connectivity index (χ0) is 18.5. The number of nitrogens with zero attached hydrogens (tertiary/aromatic N) is 3. The third-order valence-corrected chi connectivity index (χ3v) is 3.75. The number of fused-ring (bicyclic) bond motifs is 1. The van der Waals surface area contributed by atoms with Crippen LogP contribution in [0.1, 0.15) is 24.2 Å². The Hall–Kier alpha value is -3.22. The average molecular weight is 352 g/mol. The number of carbonyl (C=O) groups is 2. The number of ether oxygens (including phenoxy) is 1. The number of hydrogen-bond acceptors (Lipinski definition) is 5. The molecular weight excluding hydrogens is 332 g/mol. The number of aromatic nitrogens is 3. The van der Waals surface area contributed by atoms with E-state index in [2.05, 4.69) is 15.3 Å². The first-order valence-corrected chi connectivity index (χ1v) is 8.35. The van der Waals surface area contributed by atoms with Gasteiger partial charge in [-0.05, 0) is 26.0 Å². The second kappa shape index (κ2) is 7.77. The van der Waals surface area contributed by atoms with Crippen LogP contribution in [0.4, 0.5) is 0 Å². The minimum atomic E-state index is -0.828. The topological polar surface area (TPSA) is 86.1 Å². The number of nitrogens with one attached hydrogen (secondary N) is 1. The van der Waals surface area contributed by atoms with Crippen LogP contribution in [0.15, 0.2) is 55.2 Å². The molecule has 0 aliphatic carbocycles. The fraction of sp³-hybridized carbons (Fsp3) is 0.263. The second-order valence-electron chi connectivity index (χ2n) is 6.19. The van der Waals surface area contributed by atoms with Crippen LogP contribution < -0.4 is 5.32 Å². The molecule has 3 aromatic rings. The van der Waals surface area contributed by atoms with Crippen molar-refractivity contribution in [3.63, 3.8) is 0 Å². The maximum atomic E-state index is 12.6. The van der Waals surface area contributed by atoms with E-state index in [0.717, 1.165) is 10.9 Å². The average Bonchev–Trinajstić information content (AvgIpc) is 3.13. The highest BCUT2D eigenvalue weighted by Crippen LogP contribution is 2.13. The Kier molecular flexibility index (Phi) is 5.26. The molecule has 0 aliphatic rings. The Bertz CT molecular complexity index is 906. The van der Waals surface area contributed by atoms with Gasteiger partial charge < -0.3 is 14.6 Å². The Morgan fingerprint density at radius 1 is 1.27 bits per heavy atom. The van der Waals surface area contributed by atoms with Crippen molar-refractivity contribution in [2.75, 3.05) is 0 Å². The quantitative estimate of drug-likeness (QED) is 0.687. The first-order valence-electron chi connectivity index (χ1n) is 8.35. The standard InChI is InChI=1S/C19H20N4O3/c1-13(2)26-19(25)17(11-23-8-7-20-12-23)22-18(24)15-9-14-5-3-4-6-16(14)21-10-15/h3-10,12-13,17H,11H2,1-2H3,(H,22,24)/t17-/m0/s1. The van der Waals surface area contributed by atoms with Gasteiger partial charge in [-0.25, -0.2) is 9.78 Å². The largest absolute Gasteiger partial charge is 0.461 e. The summed E-state index contributed by atoms with van der Waals surface area (Å²) in [6.45, 7) is 3.76. The van der Waals surface area contributed by atoms with Crippen LogP contribution >= 0.6 is 0 Å². The van der Waals surface area contributed by atoms with Gasteiger partial charge in [0.15, 0.2) is 0 Å². The molecule has 0 unspecified atom stereocenters. The molecule has 2 aromatic heterocycles. The van der Waals surface area contributed by atoms with E-state index in [-0.39, 0.29) is 18.6 Å². The van der Waals surface area contributed by atoms with Crippen LogP contribution in [0.25, 0.3) is 10.9 Å². The van der Waals surface area contributed by atoms with Gasteiger partial charge in [0.05, 0.1) is 30.1 Å². The van der Waals surface area contributed by atoms with Crippen molar-refractivity contribution < 1.29 is 14.3 Å². The molecule has 3 rings (SSSR count). The Morgan fingerprint density at radius 2 is 2.08 bits per heavy atom. The molecule has 0 saturated heterocycles. The normalized spacial score (nSPS) is 12.1. The molecule has 1 amide bonds. The van der Waals surface area contributed by atoms with Gasteiger partial charge in [0.25, 0.3) is 5.91 Å². The number of para-hydroxylation sites is 1. The molecule has 0 saturated carbocycles. The number of benzene rings is 1. The number of pyridine rings is 1. The summed E-state index contributed by atoms with van der Waals surface area (Å²) in [5.41, 5.74) is 1.19. The zero-order valence-electron chi connectivity index (χ0n) is 14.6. The number of amides is 1.